The van der Waals surface area contributed by atoms with Crippen molar-refractivity contribution in [3.63, 3.8) is 0 Å². The average Bonchev–Trinajstić information content (AvgIpc) is 3.25. The van der Waals surface area contributed by atoms with E-state index in [2.05, 4.69) is 46.8 Å². The third-order valence-corrected chi connectivity index (χ3v) is 4.79. The number of thioether (sulfide) groups is 1. The average molecular weight is 350 g/mol. The summed E-state index contributed by atoms with van der Waals surface area (Å²) in [4.78, 5) is 9.23. The molecule has 0 fully saturated rings. The van der Waals surface area contributed by atoms with Crippen LogP contribution in [0.5, 0.6) is 0 Å². The highest BCUT2D eigenvalue weighted by atomic mass is 32.2. The standard InChI is InChI=1S/C19H18N4OS/c1-13(2)18-21-17(24-22-18)12-25-19-20-15-10-6-7-11-16(15)23(19)14-8-4-3-5-9-14/h3-11,13H,12H2,1-2H3. The van der Waals surface area contributed by atoms with Crippen molar-refractivity contribution in [1.82, 2.24) is 19.7 Å². The van der Waals surface area contributed by atoms with Gasteiger partial charge in [-0.05, 0) is 24.3 Å². The van der Waals surface area contributed by atoms with E-state index in [4.69, 9.17) is 9.51 Å². The Kier molecular flexibility index (Phi) is 4.28. The maximum Gasteiger partial charge on any atom is 0.237 e. The quantitative estimate of drug-likeness (QED) is 0.483. The predicted octanol–water partition coefficient (Wildman–Crippen LogP) is 4.82. The first-order chi connectivity index (χ1) is 12.2. The van der Waals surface area contributed by atoms with Gasteiger partial charge >= 0.3 is 0 Å². The van der Waals surface area contributed by atoms with Crippen LogP contribution in [0.15, 0.2) is 64.3 Å². The Morgan fingerprint density at radius 3 is 2.52 bits per heavy atom. The topological polar surface area (TPSA) is 56.7 Å². The highest BCUT2D eigenvalue weighted by Crippen LogP contribution is 2.29. The summed E-state index contributed by atoms with van der Waals surface area (Å²) in [6.07, 6.45) is 0. The Hall–Kier alpha value is -2.60. The molecule has 0 aliphatic carbocycles. The van der Waals surface area contributed by atoms with Crippen LogP contribution in [-0.4, -0.2) is 19.7 Å². The molecule has 0 aliphatic rings. The Morgan fingerprint density at radius 1 is 1.00 bits per heavy atom. The van der Waals surface area contributed by atoms with Gasteiger partial charge in [-0.25, -0.2) is 4.98 Å². The van der Waals surface area contributed by atoms with Gasteiger partial charge in [0.25, 0.3) is 0 Å². The lowest BCUT2D eigenvalue weighted by molar-refractivity contribution is 0.383. The van der Waals surface area contributed by atoms with Crippen molar-refractivity contribution >= 4 is 22.8 Å². The van der Waals surface area contributed by atoms with Gasteiger partial charge in [-0.1, -0.05) is 61.1 Å². The molecule has 5 nitrogen and oxygen atoms in total. The van der Waals surface area contributed by atoms with Gasteiger partial charge in [0.05, 0.1) is 16.8 Å². The number of benzene rings is 2. The van der Waals surface area contributed by atoms with Crippen molar-refractivity contribution < 1.29 is 4.52 Å². The summed E-state index contributed by atoms with van der Waals surface area (Å²) in [6, 6.07) is 18.4. The molecule has 25 heavy (non-hydrogen) atoms. The molecule has 2 aromatic heterocycles. The molecule has 4 rings (SSSR count). The zero-order valence-corrected chi connectivity index (χ0v) is 14.9. The van der Waals surface area contributed by atoms with E-state index in [9.17, 15) is 0 Å². The number of hydrogen-bond donors (Lipinski definition) is 0. The molecule has 0 atom stereocenters. The lowest BCUT2D eigenvalue weighted by Crippen LogP contribution is -1.96. The van der Waals surface area contributed by atoms with Crippen LogP contribution >= 0.6 is 11.8 Å². The van der Waals surface area contributed by atoms with E-state index in [0.717, 1.165) is 27.7 Å². The largest absolute Gasteiger partial charge is 0.338 e. The van der Waals surface area contributed by atoms with Crippen molar-refractivity contribution in [3.05, 3.63) is 66.3 Å². The number of fused-ring (bicyclic) bond motifs is 1. The Balaban J connectivity index is 1.69. The third kappa shape index (κ3) is 3.17. The van der Waals surface area contributed by atoms with Gasteiger partial charge in [-0.2, -0.15) is 4.98 Å². The maximum absolute atomic E-state index is 5.35. The van der Waals surface area contributed by atoms with Gasteiger partial charge in [-0.3, -0.25) is 4.57 Å². The van der Waals surface area contributed by atoms with Crippen LogP contribution in [0.25, 0.3) is 16.7 Å². The molecule has 126 valence electrons. The number of para-hydroxylation sites is 3. The molecule has 0 bridgehead atoms. The molecule has 0 spiro atoms. The van der Waals surface area contributed by atoms with Gasteiger partial charge < -0.3 is 4.52 Å². The Labute approximate surface area is 150 Å². The highest BCUT2D eigenvalue weighted by molar-refractivity contribution is 7.98. The monoisotopic (exact) mass is 350 g/mol. The molecule has 0 saturated heterocycles. The molecular formula is C19H18N4OS. The van der Waals surface area contributed by atoms with E-state index in [0.29, 0.717) is 11.6 Å². The van der Waals surface area contributed by atoms with Gasteiger partial charge in [0.15, 0.2) is 11.0 Å². The summed E-state index contributed by atoms with van der Waals surface area (Å²) in [7, 11) is 0. The van der Waals surface area contributed by atoms with Gasteiger partial charge in [0, 0.05) is 11.6 Å². The molecule has 0 amide bonds. The van der Waals surface area contributed by atoms with Crippen LogP contribution in [0, 0.1) is 0 Å². The summed E-state index contributed by atoms with van der Waals surface area (Å²) >= 11 is 1.60. The Bertz CT molecular complexity index is 991. The van der Waals surface area contributed by atoms with Gasteiger partial charge in [0.1, 0.15) is 0 Å². The number of hydrogen-bond acceptors (Lipinski definition) is 5. The van der Waals surface area contributed by atoms with Crippen LogP contribution in [-0.2, 0) is 5.75 Å². The second kappa shape index (κ2) is 6.72. The summed E-state index contributed by atoms with van der Waals surface area (Å²) in [6.45, 7) is 4.10. The van der Waals surface area contributed by atoms with Crippen LogP contribution in [0.1, 0.15) is 31.5 Å². The first-order valence-electron chi connectivity index (χ1n) is 8.20. The summed E-state index contributed by atoms with van der Waals surface area (Å²) in [5.41, 5.74) is 3.15. The molecule has 2 heterocycles. The Morgan fingerprint density at radius 2 is 1.76 bits per heavy atom. The second-order valence-corrected chi connectivity index (χ2v) is 6.99. The molecule has 0 saturated carbocycles. The van der Waals surface area contributed by atoms with Crippen molar-refractivity contribution in [3.8, 4) is 5.69 Å². The van der Waals surface area contributed by atoms with E-state index in [1.165, 1.54) is 0 Å². The second-order valence-electron chi connectivity index (χ2n) is 6.04. The maximum atomic E-state index is 5.35. The fraction of sp³-hybridized carbons (Fsp3) is 0.211. The van der Waals surface area contributed by atoms with Gasteiger partial charge in [0.2, 0.25) is 5.89 Å². The van der Waals surface area contributed by atoms with Crippen LogP contribution in [0.2, 0.25) is 0 Å². The minimum Gasteiger partial charge on any atom is -0.338 e. The van der Waals surface area contributed by atoms with Crippen LogP contribution in [0.4, 0.5) is 0 Å². The summed E-state index contributed by atoms with van der Waals surface area (Å²) in [5.74, 6) is 2.22. The molecular weight excluding hydrogens is 332 g/mol. The molecule has 0 N–H and O–H groups in total. The normalized spacial score (nSPS) is 11.5. The lowest BCUT2D eigenvalue weighted by Gasteiger charge is -2.07. The predicted molar refractivity (Wildman–Crippen MR) is 99.0 cm³/mol. The van der Waals surface area contributed by atoms with Crippen molar-refractivity contribution in [2.24, 2.45) is 0 Å². The number of nitrogens with zero attached hydrogens (tertiary/aromatic N) is 4. The number of imidazole rings is 1. The minimum atomic E-state index is 0.261. The number of rotatable bonds is 5. The molecule has 0 aliphatic heterocycles. The van der Waals surface area contributed by atoms with E-state index < -0.39 is 0 Å². The van der Waals surface area contributed by atoms with Crippen molar-refractivity contribution in [2.75, 3.05) is 0 Å². The smallest absolute Gasteiger partial charge is 0.237 e. The van der Waals surface area contributed by atoms with Crippen LogP contribution in [0.3, 0.4) is 0 Å². The highest BCUT2D eigenvalue weighted by Gasteiger charge is 2.15. The first kappa shape index (κ1) is 15.9. The lowest BCUT2D eigenvalue weighted by atomic mass is 10.2. The molecule has 2 aromatic carbocycles. The fourth-order valence-electron chi connectivity index (χ4n) is 2.61. The minimum absolute atomic E-state index is 0.261. The number of aromatic nitrogens is 4. The van der Waals surface area contributed by atoms with E-state index >= 15 is 0 Å². The van der Waals surface area contributed by atoms with Gasteiger partial charge in [-0.15, -0.1) is 0 Å². The van der Waals surface area contributed by atoms with E-state index in [-0.39, 0.29) is 5.92 Å². The zero-order valence-electron chi connectivity index (χ0n) is 14.1. The van der Waals surface area contributed by atoms with Crippen molar-refractivity contribution in [2.45, 2.75) is 30.7 Å². The third-order valence-electron chi connectivity index (χ3n) is 3.87. The molecule has 4 aromatic rings. The molecule has 6 heteroatoms. The fourth-order valence-corrected chi connectivity index (χ4v) is 3.48. The molecule has 0 unspecified atom stereocenters. The van der Waals surface area contributed by atoms with Crippen molar-refractivity contribution in [1.29, 1.82) is 0 Å². The van der Waals surface area contributed by atoms with Crippen LogP contribution < -0.4 is 0 Å². The van der Waals surface area contributed by atoms with E-state index in [1.807, 2.05) is 36.4 Å². The van der Waals surface area contributed by atoms with E-state index in [1.54, 1.807) is 11.8 Å². The summed E-state index contributed by atoms with van der Waals surface area (Å²) in [5, 5.41) is 4.94. The summed E-state index contributed by atoms with van der Waals surface area (Å²) < 4.78 is 7.51. The zero-order chi connectivity index (χ0) is 17.2. The SMILES string of the molecule is CC(C)c1noc(CSc2nc3ccccc3n2-c2ccccc2)n1. The molecule has 0 radical (unpaired) electrons. The first-order valence-corrected chi connectivity index (χ1v) is 9.19.